The summed E-state index contributed by atoms with van der Waals surface area (Å²) in [5.74, 6) is 0.990. The zero-order valence-corrected chi connectivity index (χ0v) is 18.4. The minimum atomic E-state index is -0.0441. The zero-order valence-electron chi connectivity index (χ0n) is 16.8. The highest BCUT2D eigenvalue weighted by Crippen LogP contribution is 2.25. The van der Waals surface area contributed by atoms with Crippen LogP contribution in [0, 0.1) is 6.92 Å². The molecule has 0 fully saturated rings. The highest BCUT2D eigenvalue weighted by Gasteiger charge is 2.07. The Morgan fingerprint density at radius 3 is 2.43 bits per heavy atom. The molecule has 5 nitrogen and oxygen atoms in total. The van der Waals surface area contributed by atoms with Gasteiger partial charge < -0.3 is 20.7 Å². The standard InChI is InChI=1S/C23H23N3O2S2/c1-16-7-5-8-17(13-16)24-22(27)15-30-19-10-6-9-18(14-19)25-23(29)26-20-11-3-4-12-21(20)28-2/h3-14H,15H2,1-2H3,(H,24,27)(H2,25,26,29). The third kappa shape index (κ3) is 6.50. The number of nitrogens with one attached hydrogen (secondary N) is 3. The SMILES string of the molecule is COc1ccccc1NC(=S)Nc1cccc(SCC(=O)Nc2cccc(C)c2)c1. The Hall–Kier alpha value is -3.03. The van der Waals surface area contributed by atoms with E-state index in [9.17, 15) is 4.79 Å². The molecule has 0 aliphatic heterocycles. The Kier molecular flexibility index (Phi) is 7.70. The summed E-state index contributed by atoms with van der Waals surface area (Å²) in [7, 11) is 1.62. The number of thiocarbonyl (C=S) groups is 1. The molecule has 154 valence electrons. The van der Waals surface area contributed by atoms with E-state index in [1.807, 2.05) is 79.7 Å². The van der Waals surface area contributed by atoms with Gasteiger partial charge in [0.15, 0.2) is 5.11 Å². The predicted octanol–water partition coefficient (Wildman–Crippen LogP) is 5.54. The van der Waals surface area contributed by atoms with Crippen molar-refractivity contribution in [1.82, 2.24) is 0 Å². The monoisotopic (exact) mass is 437 g/mol. The summed E-state index contributed by atoms with van der Waals surface area (Å²) in [6, 6.07) is 23.1. The van der Waals surface area contributed by atoms with Crippen LogP contribution in [0.1, 0.15) is 5.56 Å². The first-order chi connectivity index (χ1) is 14.5. The summed E-state index contributed by atoms with van der Waals surface area (Å²) < 4.78 is 5.33. The van der Waals surface area contributed by atoms with Crippen LogP contribution >= 0.6 is 24.0 Å². The number of anilines is 3. The van der Waals surface area contributed by atoms with E-state index in [1.54, 1.807) is 7.11 Å². The van der Waals surface area contributed by atoms with Gasteiger partial charge in [-0.3, -0.25) is 4.79 Å². The van der Waals surface area contributed by atoms with Gasteiger partial charge in [0.25, 0.3) is 0 Å². The summed E-state index contributed by atoms with van der Waals surface area (Å²) in [6.07, 6.45) is 0. The lowest BCUT2D eigenvalue weighted by molar-refractivity contribution is -0.113. The molecule has 0 atom stereocenters. The second-order valence-electron chi connectivity index (χ2n) is 6.51. The largest absolute Gasteiger partial charge is 0.495 e. The average molecular weight is 438 g/mol. The van der Waals surface area contributed by atoms with E-state index in [1.165, 1.54) is 11.8 Å². The molecule has 7 heteroatoms. The molecular formula is C23H23N3O2S2. The number of ether oxygens (including phenoxy) is 1. The van der Waals surface area contributed by atoms with Crippen LogP contribution in [0.3, 0.4) is 0 Å². The van der Waals surface area contributed by atoms with E-state index in [-0.39, 0.29) is 5.91 Å². The average Bonchev–Trinajstić information content (AvgIpc) is 2.73. The van der Waals surface area contributed by atoms with Crippen molar-refractivity contribution < 1.29 is 9.53 Å². The molecule has 0 bridgehead atoms. The number of carbonyl (C=O) groups excluding carboxylic acids is 1. The Labute approximate surface area is 186 Å². The van der Waals surface area contributed by atoms with Gasteiger partial charge in [0.1, 0.15) is 5.75 Å². The summed E-state index contributed by atoms with van der Waals surface area (Å²) in [4.78, 5) is 13.2. The van der Waals surface area contributed by atoms with Crippen molar-refractivity contribution in [2.24, 2.45) is 0 Å². The van der Waals surface area contributed by atoms with Crippen LogP contribution in [0.5, 0.6) is 5.75 Å². The molecule has 30 heavy (non-hydrogen) atoms. The van der Waals surface area contributed by atoms with Crippen molar-refractivity contribution in [3.63, 3.8) is 0 Å². The Morgan fingerprint density at radius 1 is 0.933 bits per heavy atom. The fourth-order valence-corrected chi connectivity index (χ4v) is 3.75. The van der Waals surface area contributed by atoms with Gasteiger partial charge in [0, 0.05) is 16.3 Å². The third-order valence-electron chi connectivity index (χ3n) is 4.12. The van der Waals surface area contributed by atoms with Crippen molar-refractivity contribution in [2.75, 3.05) is 28.8 Å². The number of benzene rings is 3. The molecule has 3 N–H and O–H groups in total. The fourth-order valence-electron chi connectivity index (χ4n) is 2.76. The van der Waals surface area contributed by atoms with Crippen molar-refractivity contribution >= 4 is 52.1 Å². The molecule has 0 aliphatic carbocycles. The van der Waals surface area contributed by atoms with Crippen LogP contribution in [0.2, 0.25) is 0 Å². The maximum atomic E-state index is 12.2. The molecule has 0 unspecified atom stereocenters. The van der Waals surface area contributed by atoms with Crippen LogP contribution in [0.25, 0.3) is 0 Å². The molecule has 0 saturated carbocycles. The predicted molar refractivity (Wildman–Crippen MR) is 130 cm³/mol. The Bertz CT molecular complexity index is 1040. The molecule has 1 amide bonds. The number of hydrogen-bond acceptors (Lipinski definition) is 4. The van der Waals surface area contributed by atoms with Gasteiger partial charge >= 0.3 is 0 Å². The minimum absolute atomic E-state index is 0.0441. The molecule has 0 aliphatic rings. The van der Waals surface area contributed by atoms with Crippen molar-refractivity contribution in [3.8, 4) is 5.75 Å². The minimum Gasteiger partial charge on any atom is -0.495 e. The number of hydrogen-bond donors (Lipinski definition) is 3. The fraction of sp³-hybridized carbons (Fsp3) is 0.130. The number of aryl methyl sites for hydroxylation is 1. The first-order valence-electron chi connectivity index (χ1n) is 9.34. The highest BCUT2D eigenvalue weighted by molar-refractivity contribution is 8.00. The number of thioether (sulfide) groups is 1. The summed E-state index contributed by atoms with van der Waals surface area (Å²) in [6.45, 7) is 2.00. The normalized spacial score (nSPS) is 10.2. The zero-order chi connectivity index (χ0) is 21.3. The van der Waals surface area contributed by atoms with Crippen LogP contribution in [0.15, 0.2) is 77.7 Å². The van der Waals surface area contributed by atoms with E-state index in [0.29, 0.717) is 16.6 Å². The van der Waals surface area contributed by atoms with Gasteiger partial charge in [0.2, 0.25) is 5.91 Å². The van der Waals surface area contributed by atoms with Gasteiger partial charge in [-0.2, -0.15) is 0 Å². The lowest BCUT2D eigenvalue weighted by Crippen LogP contribution is -2.19. The maximum Gasteiger partial charge on any atom is 0.234 e. The number of amides is 1. The van der Waals surface area contributed by atoms with E-state index < -0.39 is 0 Å². The van der Waals surface area contributed by atoms with Crippen molar-refractivity contribution in [1.29, 1.82) is 0 Å². The number of carbonyl (C=O) groups is 1. The molecule has 0 aromatic heterocycles. The first kappa shape index (κ1) is 21.7. The molecule has 0 heterocycles. The molecule has 3 aromatic rings. The second-order valence-corrected chi connectivity index (χ2v) is 7.97. The molecule has 3 aromatic carbocycles. The lowest BCUT2D eigenvalue weighted by atomic mass is 10.2. The van der Waals surface area contributed by atoms with Crippen LogP contribution in [-0.2, 0) is 4.79 Å². The quantitative estimate of drug-likeness (QED) is 0.333. The molecular weight excluding hydrogens is 414 g/mol. The van der Waals surface area contributed by atoms with Crippen LogP contribution in [0.4, 0.5) is 17.1 Å². The maximum absolute atomic E-state index is 12.2. The Morgan fingerprint density at radius 2 is 1.67 bits per heavy atom. The first-order valence-corrected chi connectivity index (χ1v) is 10.7. The number of para-hydroxylation sites is 2. The molecule has 0 spiro atoms. The Balaban J connectivity index is 1.54. The number of methoxy groups -OCH3 is 1. The summed E-state index contributed by atoms with van der Waals surface area (Å²) in [5.41, 5.74) is 3.54. The third-order valence-corrected chi connectivity index (χ3v) is 5.32. The van der Waals surface area contributed by atoms with Gasteiger partial charge in [0.05, 0.1) is 18.6 Å². The van der Waals surface area contributed by atoms with Gasteiger partial charge in [-0.15, -0.1) is 11.8 Å². The van der Waals surface area contributed by atoms with E-state index in [0.717, 1.165) is 27.5 Å². The molecule has 0 radical (unpaired) electrons. The van der Waals surface area contributed by atoms with E-state index in [4.69, 9.17) is 17.0 Å². The summed E-state index contributed by atoms with van der Waals surface area (Å²) >= 11 is 6.88. The molecule has 3 rings (SSSR count). The van der Waals surface area contributed by atoms with Crippen molar-refractivity contribution in [3.05, 3.63) is 78.4 Å². The smallest absolute Gasteiger partial charge is 0.234 e. The van der Waals surface area contributed by atoms with Gasteiger partial charge in [-0.05, 0) is 67.2 Å². The number of rotatable bonds is 7. The van der Waals surface area contributed by atoms with E-state index >= 15 is 0 Å². The van der Waals surface area contributed by atoms with Crippen LogP contribution < -0.4 is 20.7 Å². The van der Waals surface area contributed by atoms with E-state index in [2.05, 4.69) is 16.0 Å². The van der Waals surface area contributed by atoms with Gasteiger partial charge in [-0.25, -0.2) is 0 Å². The second kappa shape index (κ2) is 10.7. The van der Waals surface area contributed by atoms with Gasteiger partial charge in [-0.1, -0.05) is 30.3 Å². The van der Waals surface area contributed by atoms with Crippen LogP contribution in [-0.4, -0.2) is 23.9 Å². The lowest BCUT2D eigenvalue weighted by Gasteiger charge is -2.13. The van der Waals surface area contributed by atoms with Crippen molar-refractivity contribution in [2.45, 2.75) is 11.8 Å². The summed E-state index contributed by atoms with van der Waals surface area (Å²) in [5, 5.41) is 9.68. The molecule has 0 saturated heterocycles. The topological polar surface area (TPSA) is 62.4 Å². The highest BCUT2D eigenvalue weighted by atomic mass is 32.2.